The Morgan fingerprint density at radius 1 is 1.11 bits per heavy atom. The van der Waals surface area contributed by atoms with Crippen LogP contribution in [0.3, 0.4) is 0 Å². The van der Waals surface area contributed by atoms with E-state index in [1.165, 1.54) is 12.1 Å². The predicted molar refractivity (Wildman–Crippen MR) is 134 cm³/mol. The number of rotatable bonds is 7. The highest BCUT2D eigenvalue weighted by Gasteiger charge is 2.31. The molecule has 1 saturated heterocycles. The molecule has 0 bridgehead atoms. The molecule has 5 rings (SSSR count). The Morgan fingerprint density at radius 3 is 2.61 bits per heavy atom. The smallest absolute Gasteiger partial charge is 0.468 e. The SMILES string of the molecule is O=C(CNC1C=CC(c2ccc(OC(F)(F)F)cc2)N=C2C=NC=CN21)N1CCN(Cc2ccco2)CC1. The van der Waals surface area contributed by atoms with Crippen LogP contribution in [0, 0.1) is 0 Å². The molecule has 0 saturated carbocycles. The number of hydrogen-bond donors (Lipinski definition) is 1. The second kappa shape index (κ2) is 11.2. The molecule has 1 aromatic heterocycles. The first-order chi connectivity index (χ1) is 18.3. The Balaban J connectivity index is 1.19. The third-order valence-electron chi connectivity index (χ3n) is 6.42. The van der Waals surface area contributed by atoms with Gasteiger partial charge in [0.2, 0.25) is 5.91 Å². The lowest BCUT2D eigenvalue weighted by molar-refractivity contribution is -0.274. The van der Waals surface area contributed by atoms with Crippen LogP contribution < -0.4 is 10.1 Å². The highest BCUT2D eigenvalue weighted by atomic mass is 19.4. The number of furan rings is 1. The number of nitrogens with zero attached hydrogens (tertiary/aromatic N) is 5. The van der Waals surface area contributed by atoms with Gasteiger partial charge < -0.3 is 19.0 Å². The minimum atomic E-state index is -4.75. The standard InChI is InChI=1S/C26H27F3N6O3/c27-26(28,29)38-20-5-3-19(4-6-20)22-7-8-23(35-10-9-30-16-24(35)32-22)31-17-25(36)34-13-11-33(12-14-34)18-21-2-1-15-37-21/h1-10,15-16,22-23,31H,11-14,17-18H2. The van der Waals surface area contributed by atoms with E-state index in [0.29, 0.717) is 24.5 Å². The van der Waals surface area contributed by atoms with Gasteiger partial charge in [-0.1, -0.05) is 18.2 Å². The van der Waals surface area contributed by atoms with Gasteiger partial charge in [-0.25, -0.2) is 0 Å². The molecule has 12 heteroatoms. The molecule has 0 aliphatic carbocycles. The molecule has 200 valence electrons. The number of ether oxygens (including phenoxy) is 1. The quantitative estimate of drug-likeness (QED) is 0.556. The van der Waals surface area contributed by atoms with Gasteiger partial charge in [0.15, 0.2) is 0 Å². The zero-order chi connectivity index (χ0) is 26.5. The molecular weight excluding hydrogens is 501 g/mol. The molecule has 1 amide bonds. The molecule has 4 heterocycles. The van der Waals surface area contributed by atoms with Gasteiger partial charge in [-0.15, -0.1) is 13.2 Å². The summed E-state index contributed by atoms with van der Waals surface area (Å²) in [6.07, 6.45) is 5.29. The largest absolute Gasteiger partial charge is 0.573 e. The van der Waals surface area contributed by atoms with Crippen LogP contribution in [-0.2, 0) is 11.3 Å². The van der Waals surface area contributed by atoms with Crippen molar-refractivity contribution < 1.29 is 27.1 Å². The maximum Gasteiger partial charge on any atom is 0.573 e. The van der Waals surface area contributed by atoms with Crippen molar-refractivity contribution in [2.45, 2.75) is 25.1 Å². The number of halogens is 3. The second-order valence-electron chi connectivity index (χ2n) is 8.98. The van der Waals surface area contributed by atoms with E-state index in [1.54, 1.807) is 37.0 Å². The summed E-state index contributed by atoms with van der Waals surface area (Å²) in [5.41, 5.74) is 0.690. The van der Waals surface area contributed by atoms with Crippen molar-refractivity contribution in [1.82, 2.24) is 20.0 Å². The number of aliphatic imine (C=N–C) groups is 2. The van der Waals surface area contributed by atoms with Gasteiger partial charge in [-0.05, 0) is 35.9 Å². The zero-order valence-corrected chi connectivity index (χ0v) is 20.4. The van der Waals surface area contributed by atoms with Crippen LogP contribution >= 0.6 is 0 Å². The van der Waals surface area contributed by atoms with E-state index < -0.39 is 12.4 Å². The minimum absolute atomic E-state index is 0.00486. The maximum absolute atomic E-state index is 12.9. The Hall–Kier alpha value is -3.90. The highest BCUT2D eigenvalue weighted by Crippen LogP contribution is 2.28. The Morgan fingerprint density at radius 2 is 1.89 bits per heavy atom. The minimum Gasteiger partial charge on any atom is -0.468 e. The number of benzene rings is 1. The van der Waals surface area contributed by atoms with Crippen LogP contribution in [0.5, 0.6) is 5.75 Å². The summed E-state index contributed by atoms with van der Waals surface area (Å²) >= 11 is 0. The topological polar surface area (TPSA) is 85.9 Å². The normalized spacial score (nSPS) is 21.7. The average molecular weight is 529 g/mol. The third-order valence-corrected chi connectivity index (χ3v) is 6.42. The van der Waals surface area contributed by atoms with Crippen LogP contribution in [0.4, 0.5) is 13.2 Å². The van der Waals surface area contributed by atoms with Crippen molar-refractivity contribution in [3.63, 3.8) is 0 Å². The van der Waals surface area contributed by atoms with Crippen LogP contribution in [0.2, 0.25) is 0 Å². The van der Waals surface area contributed by atoms with Crippen molar-refractivity contribution in [3.05, 3.63) is 78.5 Å². The van der Waals surface area contributed by atoms with Crippen molar-refractivity contribution in [3.8, 4) is 5.75 Å². The molecule has 3 aliphatic rings. The number of hydrogen-bond acceptors (Lipinski definition) is 8. The maximum atomic E-state index is 12.9. The van der Waals surface area contributed by atoms with Gasteiger partial charge in [0.1, 0.15) is 23.5 Å². The van der Waals surface area contributed by atoms with Gasteiger partial charge in [0.25, 0.3) is 0 Å². The average Bonchev–Trinajstić information content (AvgIpc) is 3.34. The molecule has 2 aromatic rings. The van der Waals surface area contributed by atoms with Gasteiger partial charge in [0.05, 0.1) is 31.6 Å². The van der Waals surface area contributed by atoms with E-state index in [-0.39, 0.29) is 24.4 Å². The molecule has 9 nitrogen and oxygen atoms in total. The number of nitrogens with one attached hydrogen (secondary N) is 1. The Bertz CT molecular complexity index is 1220. The first-order valence-electron chi connectivity index (χ1n) is 12.2. The van der Waals surface area contributed by atoms with Crippen LogP contribution in [0.1, 0.15) is 17.4 Å². The highest BCUT2D eigenvalue weighted by molar-refractivity contribution is 6.30. The summed E-state index contributed by atoms with van der Waals surface area (Å²) in [5, 5.41) is 3.29. The van der Waals surface area contributed by atoms with E-state index in [0.717, 1.165) is 25.4 Å². The van der Waals surface area contributed by atoms with E-state index in [9.17, 15) is 18.0 Å². The van der Waals surface area contributed by atoms with Crippen molar-refractivity contribution in [2.24, 2.45) is 9.98 Å². The van der Waals surface area contributed by atoms with E-state index in [4.69, 9.17) is 9.41 Å². The van der Waals surface area contributed by atoms with E-state index in [2.05, 4.69) is 19.9 Å². The van der Waals surface area contributed by atoms with Gasteiger partial charge in [-0.3, -0.25) is 25.0 Å². The molecule has 2 atom stereocenters. The number of alkyl halides is 3. The molecule has 0 radical (unpaired) electrons. The van der Waals surface area contributed by atoms with E-state index >= 15 is 0 Å². The lowest BCUT2D eigenvalue weighted by Gasteiger charge is -2.35. The number of amides is 1. The summed E-state index contributed by atoms with van der Waals surface area (Å²) in [4.78, 5) is 27.8. The monoisotopic (exact) mass is 528 g/mol. The predicted octanol–water partition coefficient (Wildman–Crippen LogP) is 3.31. The molecule has 3 aliphatic heterocycles. The first kappa shape index (κ1) is 25.7. The fourth-order valence-electron chi connectivity index (χ4n) is 4.49. The summed E-state index contributed by atoms with van der Waals surface area (Å²) in [5.74, 6) is 1.18. The summed E-state index contributed by atoms with van der Waals surface area (Å²) in [6, 6.07) is 8.98. The number of amidine groups is 1. The fraction of sp³-hybridized carbons (Fsp3) is 0.346. The summed E-state index contributed by atoms with van der Waals surface area (Å²) in [7, 11) is 0. The van der Waals surface area contributed by atoms with Gasteiger partial charge >= 0.3 is 6.36 Å². The lowest BCUT2D eigenvalue weighted by Crippen LogP contribution is -2.53. The number of fused-ring (bicyclic) bond motifs is 1. The molecule has 1 fully saturated rings. The van der Waals surface area contributed by atoms with Crippen LogP contribution in [0.15, 0.2) is 81.6 Å². The lowest BCUT2D eigenvalue weighted by atomic mass is 10.1. The first-order valence-corrected chi connectivity index (χ1v) is 12.2. The fourth-order valence-corrected chi connectivity index (χ4v) is 4.49. The van der Waals surface area contributed by atoms with Gasteiger partial charge in [-0.2, -0.15) is 0 Å². The zero-order valence-electron chi connectivity index (χ0n) is 20.4. The van der Waals surface area contributed by atoms with E-state index in [1.807, 2.05) is 34.1 Å². The number of carbonyl (C=O) groups excluding carboxylic acids is 1. The number of piperazine rings is 1. The molecule has 1 N–H and O–H groups in total. The molecule has 2 unspecified atom stereocenters. The van der Waals surface area contributed by atoms with Crippen LogP contribution in [-0.4, -0.2) is 77.9 Å². The van der Waals surface area contributed by atoms with Gasteiger partial charge in [0, 0.05) is 38.6 Å². The van der Waals surface area contributed by atoms with Crippen LogP contribution in [0.25, 0.3) is 0 Å². The molecule has 0 spiro atoms. The Kier molecular flexibility index (Phi) is 7.61. The second-order valence-corrected chi connectivity index (χ2v) is 8.98. The summed E-state index contributed by atoms with van der Waals surface area (Å²) in [6.45, 7) is 3.68. The van der Waals surface area contributed by atoms with Crippen molar-refractivity contribution >= 4 is 18.0 Å². The molecule has 1 aromatic carbocycles. The molecular formula is C26H27F3N6O3. The summed E-state index contributed by atoms with van der Waals surface area (Å²) < 4.78 is 46.9. The Labute approximate surface area is 217 Å². The number of carbonyl (C=O) groups is 1. The third kappa shape index (κ3) is 6.50. The molecule has 38 heavy (non-hydrogen) atoms. The van der Waals surface area contributed by atoms with Crippen molar-refractivity contribution in [2.75, 3.05) is 32.7 Å². The van der Waals surface area contributed by atoms with Crippen molar-refractivity contribution in [1.29, 1.82) is 0 Å².